The van der Waals surface area contributed by atoms with E-state index >= 15 is 0 Å². The number of aromatic nitrogens is 1. The predicted molar refractivity (Wildman–Crippen MR) is 128 cm³/mol. The lowest BCUT2D eigenvalue weighted by molar-refractivity contribution is 0.101. The van der Waals surface area contributed by atoms with E-state index in [2.05, 4.69) is 20.5 Å². The van der Waals surface area contributed by atoms with Crippen LogP contribution in [0.4, 0.5) is 17.1 Å². The molecule has 158 valence electrons. The summed E-state index contributed by atoms with van der Waals surface area (Å²) in [5, 5.41) is 6.27. The molecule has 8 heteroatoms. The number of amides is 2. The summed E-state index contributed by atoms with van der Waals surface area (Å²) in [6.07, 6.45) is 3.09. The first-order chi connectivity index (χ1) is 15.1. The molecule has 2 N–H and O–H groups in total. The van der Waals surface area contributed by atoms with Crippen LogP contribution in [0.1, 0.15) is 20.7 Å². The molecule has 1 saturated heterocycles. The molecule has 0 bridgehead atoms. The monoisotopic (exact) mass is 452 g/mol. The molecule has 2 aromatic carbocycles. The van der Waals surface area contributed by atoms with Crippen molar-refractivity contribution in [2.24, 2.45) is 0 Å². The minimum absolute atomic E-state index is 0.282. The molecule has 2 heterocycles. The summed E-state index contributed by atoms with van der Waals surface area (Å²) in [7, 11) is 0. The standard InChI is InChI=1S/C23H21ClN4O2S/c24-20-14-19(6-7-21(20)28-9-11-31-12-10-28)27-22(29)16-3-1-5-18(13-16)26-23(30)17-4-2-8-25-15-17/h1-8,13-15H,9-12H2,(H,26,30)(H,27,29). The van der Waals surface area contributed by atoms with Crippen LogP contribution in [0.3, 0.4) is 0 Å². The summed E-state index contributed by atoms with van der Waals surface area (Å²) in [6, 6.07) is 15.7. The summed E-state index contributed by atoms with van der Waals surface area (Å²) >= 11 is 8.42. The van der Waals surface area contributed by atoms with Gasteiger partial charge in [0, 0.05) is 53.9 Å². The molecular weight excluding hydrogens is 432 g/mol. The Morgan fingerprint density at radius 3 is 2.32 bits per heavy atom. The summed E-state index contributed by atoms with van der Waals surface area (Å²) < 4.78 is 0. The molecule has 0 aliphatic carbocycles. The average molecular weight is 453 g/mol. The van der Waals surface area contributed by atoms with Gasteiger partial charge in [0.1, 0.15) is 0 Å². The number of carbonyl (C=O) groups excluding carboxylic acids is 2. The van der Waals surface area contributed by atoms with Crippen LogP contribution in [0, 0.1) is 0 Å². The molecule has 4 rings (SSSR count). The van der Waals surface area contributed by atoms with Gasteiger partial charge in [-0.05, 0) is 48.5 Å². The third kappa shape index (κ3) is 5.37. The average Bonchev–Trinajstić information content (AvgIpc) is 2.80. The molecule has 6 nitrogen and oxygen atoms in total. The van der Waals surface area contributed by atoms with Crippen LogP contribution in [0.2, 0.25) is 5.02 Å². The molecule has 2 amide bonds. The first-order valence-electron chi connectivity index (χ1n) is 9.85. The maximum Gasteiger partial charge on any atom is 0.257 e. The van der Waals surface area contributed by atoms with Crippen molar-refractivity contribution in [2.45, 2.75) is 0 Å². The molecule has 31 heavy (non-hydrogen) atoms. The van der Waals surface area contributed by atoms with Gasteiger partial charge in [0.25, 0.3) is 11.8 Å². The molecule has 1 aromatic heterocycles. The highest BCUT2D eigenvalue weighted by molar-refractivity contribution is 7.99. The molecule has 0 unspecified atom stereocenters. The van der Waals surface area contributed by atoms with E-state index < -0.39 is 0 Å². The van der Waals surface area contributed by atoms with E-state index in [0.29, 0.717) is 27.5 Å². The SMILES string of the molecule is O=C(Nc1cccc(C(=O)Nc2ccc(N3CCSCC3)c(Cl)c2)c1)c1cccnc1. The van der Waals surface area contributed by atoms with Crippen molar-refractivity contribution >= 4 is 52.2 Å². The number of anilines is 3. The lowest BCUT2D eigenvalue weighted by Gasteiger charge is -2.29. The number of hydrogen-bond acceptors (Lipinski definition) is 5. The number of halogens is 1. The fraction of sp³-hybridized carbons (Fsp3) is 0.174. The maximum atomic E-state index is 12.7. The second kappa shape index (κ2) is 9.85. The second-order valence-electron chi connectivity index (χ2n) is 7.00. The van der Waals surface area contributed by atoms with Gasteiger partial charge < -0.3 is 15.5 Å². The van der Waals surface area contributed by atoms with Crippen molar-refractivity contribution in [3.63, 3.8) is 0 Å². The number of benzene rings is 2. The predicted octanol–water partition coefficient (Wildman–Crippen LogP) is 4.79. The molecule has 1 fully saturated rings. The van der Waals surface area contributed by atoms with E-state index in [1.54, 1.807) is 48.7 Å². The zero-order valence-corrected chi connectivity index (χ0v) is 18.2. The highest BCUT2D eigenvalue weighted by Crippen LogP contribution is 2.30. The Hall–Kier alpha value is -3.03. The number of thioether (sulfide) groups is 1. The van der Waals surface area contributed by atoms with Gasteiger partial charge >= 0.3 is 0 Å². The van der Waals surface area contributed by atoms with E-state index in [1.165, 1.54) is 6.20 Å². The van der Waals surface area contributed by atoms with Crippen molar-refractivity contribution in [3.05, 3.63) is 83.1 Å². The molecule has 3 aromatic rings. The third-order valence-electron chi connectivity index (χ3n) is 4.86. The molecule has 0 saturated carbocycles. The van der Waals surface area contributed by atoms with Crippen molar-refractivity contribution < 1.29 is 9.59 Å². The van der Waals surface area contributed by atoms with Gasteiger partial charge in [0.15, 0.2) is 0 Å². The topological polar surface area (TPSA) is 74.3 Å². The Bertz CT molecular complexity index is 1090. The number of nitrogens with zero attached hydrogens (tertiary/aromatic N) is 2. The second-order valence-corrected chi connectivity index (χ2v) is 8.63. The van der Waals surface area contributed by atoms with Crippen LogP contribution in [0.5, 0.6) is 0 Å². The first-order valence-corrected chi connectivity index (χ1v) is 11.4. The number of pyridine rings is 1. The molecular formula is C23H21ClN4O2S. The van der Waals surface area contributed by atoms with Gasteiger partial charge in [0.05, 0.1) is 16.3 Å². The lowest BCUT2D eigenvalue weighted by Crippen LogP contribution is -2.32. The fourth-order valence-electron chi connectivity index (χ4n) is 3.29. The van der Waals surface area contributed by atoms with Crippen molar-refractivity contribution in [2.75, 3.05) is 40.1 Å². The highest BCUT2D eigenvalue weighted by atomic mass is 35.5. The normalized spacial score (nSPS) is 13.5. The maximum absolute atomic E-state index is 12.7. The van der Waals surface area contributed by atoms with Crippen LogP contribution in [0.25, 0.3) is 0 Å². The number of carbonyl (C=O) groups is 2. The summed E-state index contributed by atoms with van der Waals surface area (Å²) in [5.74, 6) is 1.60. The van der Waals surface area contributed by atoms with Gasteiger partial charge in [-0.2, -0.15) is 11.8 Å². The molecule has 1 aliphatic heterocycles. The molecule has 0 spiro atoms. The number of nitrogens with one attached hydrogen (secondary N) is 2. The smallest absolute Gasteiger partial charge is 0.257 e. The Labute approximate surface area is 190 Å². The van der Waals surface area contributed by atoms with E-state index in [0.717, 1.165) is 30.3 Å². The highest BCUT2D eigenvalue weighted by Gasteiger charge is 2.15. The van der Waals surface area contributed by atoms with E-state index in [-0.39, 0.29) is 11.8 Å². The molecule has 1 aliphatic rings. The summed E-state index contributed by atoms with van der Waals surface area (Å²) in [6.45, 7) is 1.93. The van der Waals surface area contributed by atoms with Crippen molar-refractivity contribution in [1.82, 2.24) is 4.98 Å². The van der Waals surface area contributed by atoms with E-state index in [9.17, 15) is 9.59 Å². The molecule has 0 atom stereocenters. The van der Waals surface area contributed by atoms with E-state index in [4.69, 9.17) is 11.6 Å². The summed E-state index contributed by atoms with van der Waals surface area (Å²) in [5.41, 5.74) is 3.00. The minimum atomic E-state index is -0.288. The van der Waals surface area contributed by atoms with Gasteiger partial charge in [-0.25, -0.2) is 0 Å². The van der Waals surface area contributed by atoms with Crippen LogP contribution in [-0.2, 0) is 0 Å². The van der Waals surface area contributed by atoms with Gasteiger partial charge in [-0.1, -0.05) is 17.7 Å². The summed E-state index contributed by atoms with van der Waals surface area (Å²) in [4.78, 5) is 31.3. The van der Waals surface area contributed by atoms with Crippen molar-refractivity contribution in [1.29, 1.82) is 0 Å². The van der Waals surface area contributed by atoms with Gasteiger partial charge in [0.2, 0.25) is 0 Å². The minimum Gasteiger partial charge on any atom is -0.369 e. The Morgan fingerprint density at radius 2 is 1.61 bits per heavy atom. The van der Waals surface area contributed by atoms with Crippen LogP contribution in [0.15, 0.2) is 67.0 Å². The molecule has 0 radical (unpaired) electrons. The lowest BCUT2D eigenvalue weighted by atomic mass is 10.1. The number of rotatable bonds is 5. The van der Waals surface area contributed by atoms with Gasteiger partial charge in [-0.3, -0.25) is 14.6 Å². The Kier molecular flexibility index (Phi) is 6.74. The van der Waals surface area contributed by atoms with Crippen molar-refractivity contribution in [3.8, 4) is 0 Å². The van der Waals surface area contributed by atoms with E-state index in [1.807, 2.05) is 23.9 Å². The van der Waals surface area contributed by atoms with Crippen LogP contribution < -0.4 is 15.5 Å². The van der Waals surface area contributed by atoms with Crippen LogP contribution >= 0.6 is 23.4 Å². The zero-order chi connectivity index (χ0) is 21.6. The zero-order valence-electron chi connectivity index (χ0n) is 16.7. The van der Waals surface area contributed by atoms with Crippen LogP contribution in [-0.4, -0.2) is 41.4 Å². The third-order valence-corrected chi connectivity index (χ3v) is 6.11. The Morgan fingerprint density at radius 1 is 0.903 bits per heavy atom. The Balaban J connectivity index is 1.43. The van der Waals surface area contributed by atoms with Gasteiger partial charge in [-0.15, -0.1) is 0 Å². The quantitative estimate of drug-likeness (QED) is 0.582. The number of hydrogen-bond donors (Lipinski definition) is 2. The largest absolute Gasteiger partial charge is 0.369 e. The fourth-order valence-corrected chi connectivity index (χ4v) is 4.49. The first kappa shape index (κ1) is 21.2.